The largest absolute Gasteiger partial charge is 0.490 e. The van der Waals surface area contributed by atoms with E-state index in [0.717, 1.165) is 0 Å². The number of nitrogens with zero attached hydrogens (tertiary/aromatic N) is 3. The molecule has 0 radical (unpaired) electrons. The lowest BCUT2D eigenvalue weighted by atomic mass is 10.1. The molecule has 21 heavy (non-hydrogen) atoms. The highest BCUT2D eigenvalue weighted by Gasteiger charge is 2.31. The molecule has 1 aliphatic rings. The Kier molecular flexibility index (Phi) is 4.35. The van der Waals surface area contributed by atoms with Gasteiger partial charge in [-0.15, -0.1) is 0 Å². The molecule has 0 aromatic heterocycles. The summed E-state index contributed by atoms with van der Waals surface area (Å²) >= 11 is 0. The average Bonchev–Trinajstić information content (AvgIpc) is 2.53. The Morgan fingerprint density at radius 3 is 3.00 bits per heavy atom. The number of hydrogen-bond acceptors (Lipinski definition) is 6. The minimum absolute atomic E-state index is 0.0808. The van der Waals surface area contributed by atoms with Crippen molar-refractivity contribution < 1.29 is 14.5 Å². The summed E-state index contributed by atoms with van der Waals surface area (Å²) < 4.78 is 5.03. The van der Waals surface area contributed by atoms with Crippen molar-refractivity contribution in [1.82, 2.24) is 10.2 Å². The molecule has 1 aliphatic heterocycles. The second-order valence-electron chi connectivity index (χ2n) is 4.46. The lowest BCUT2D eigenvalue weighted by Crippen LogP contribution is -2.53. The molecule has 1 N–H and O–H groups in total. The zero-order valence-electron chi connectivity index (χ0n) is 11.4. The number of nitrogens with one attached hydrogen (secondary N) is 1. The predicted octanol–water partition coefficient (Wildman–Crippen LogP) is 0.541. The standard InChI is InChI=1S/C13H14N4O4/c1-21-12-10(3-2-4-11(12)17(19)20)13(18)16-6-5-15-8-9(16)7-14/h2-4,9,15H,5-6,8H2,1H3. The Hall–Kier alpha value is -2.66. The van der Waals surface area contributed by atoms with Gasteiger partial charge in [-0.05, 0) is 6.07 Å². The van der Waals surface area contributed by atoms with Crippen molar-refractivity contribution in [2.24, 2.45) is 0 Å². The molecular formula is C13H14N4O4. The average molecular weight is 290 g/mol. The maximum absolute atomic E-state index is 12.6. The number of carbonyl (C=O) groups excluding carboxylic acids is 1. The van der Waals surface area contributed by atoms with Gasteiger partial charge >= 0.3 is 5.69 Å². The SMILES string of the molecule is COc1c(C(=O)N2CCNCC2C#N)cccc1[N+](=O)[O-]. The van der Waals surface area contributed by atoms with E-state index in [1.54, 1.807) is 0 Å². The van der Waals surface area contributed by atoms with Crippen LogP contribution in [-0.4, -0.2) is 48.5 Å². The second kappa shape index (κ2) is 6.19. The maximum atomic E-state index is 12.6. The number of methoxy groups -OCH3 is 1. The normalized spacial score (nSPS) is 17.9. The van der Waals surface area contributed by atoms with Gasteiger partial charge in [0.2, 0.25) is 5.75 Å². The Labute approximate surface area is 121 Å². The minimum Gasteiger partial charge on any atom is -0.490 e. The third-order valence-electron chi connectivity index (χ3n) is 3.28. The van der Waals surface area contributed by atoms with Crippen LogP contribution >= 0.6 is 0 Å². The van der Waals surface area contributed by atoms with Crippen molar-refractivity contribution in [3.63, 3.8) is 0 Å². The molecular weight excluding hydrogens is 276 g/mol. The van der Waals surface area contributed by atoms with Crippen molar-refractivity contribution >= 4 is 11.6 Å². The van der Waals surface area contributed by atoms with Gasteiger partial charge in [-0.1, -0.05) is 6.07 Å². The smallest absolute Gasteiger partial charge is 0.311 e. The summed E-state index contributed by atoms with van der Waals surface area (Å²) in [6.07, 6.45) is 0. The fraction of sp³-hybridized carbons (Fsp3) is 0.385. The molecule has 8 heteroatoms. The van der Waals surface area contributed by atoms with Gasteiger partial charge in [-0.25, -0.2) is 0 Å². The molecule has 1 unspecified atom stereocenters. The van der Waals surface area contributed by atoms with Gasteiger partial charge in [-0.3, -0.25) is 14.9 Å². The first kappa shape index (κ1) is 14.7. The van der Waals surface area contributed by atoms with Gasteiger partial charge in [0.25, 0.3) is 5.91 Å². The summed E-state index contributed by atoms with van der Waals surface area (Å²) in [5.41, 5.74) is -0.180. The number of nitriles is 1. The molecule has 1 aromatic rings. The summed E-state index contributed by atoms with van der Waals surface area (Å²) in [6.45, 7) is 1.31. The third-order valence-corrected chi connectivity index (χ3v) is 3.28. The topological polar surface area (TPSA) is 108 Å². The lowest BCUT2D eigenvalue weighted by Gasteiger charge is -2.32. The summed E-state index contributed by atoms with van der Waals surface area (Å²) in [6, 6.07) is 5.61. The molecule has 1 fully saturated rings. The first-order valence-electron chi connectivity index (χ1n) is 6.32. The van der Waals surface area contributed by atoms with Crippen molar-refractivity contribution in [2.45, 2.75) is 6.04 Å². The number of piperazine rings is 1. The van der Waals surface area contributed by atoms with Gasteiger partial charge in [0.1, 0.15) is 6.04 Å². The van der Waals surface area contributed by atoms with Crippen LogP contribution < -0.4 is 10.1 Å². The maximum Gasteiger partial charge on any atom is 0.311 e. The Balaban J connectivity index is 2.41. The van der Waals surface area contributed by atoms with Crippen LogP contribution in [0.15, 0.2) is 18.2 Å². The summed E-state index contributed by atoms with van der Waals surface area (Å²) in [5.74, 6) is -0.522. The first-order valence-corrected chi connectivity index (χ1v) is 6.32. The second-order valence-corrected chi connectivity index (χ2v) is 4.46. The number of nitro groups is 1. The van der Waals surface area contributed by atoms with Crippen LogP contribution in [0.2, 0.25) is 0 Å². The number of amides is 1. The van der Waals surface area contributed by atoms with E-state index in [1.165, 1.54) is 30.2 Å². The molecule has 1 aromatic carbocycles. The van der Waals surface area contributed by atoms with Crippen molar-refractivity contribution in [2.75, 3.05) is 26.7 Å². The zero-order valence-corrected chi connectivity index (χ0v) is 11.4. The molecule has 1 saturated heterocycles. The monoisotopic (exact) mass is 290 g/mol. The van der Waals surface area contributed by atoms with Gasteiger partial charge in [0, 0.05) is 25.7 Å². The number of carbonyl (C=O) groups is 1. The molecule has 1 heterocycles. The Bertz CT molecular complexity index is 611. The van der Waals surface area contributed by atoms with Crippen LogP contribution in [0, 0.1) is 21.4 Å². The number of nitro benzene ring substituents is 1. The Morgan fingerprint density at radius 1 is 1.62 bits per heavy atom. The van der Waals surface area contributed by atoms with Crippen molar-refractivity contribution in [3.05, 3.63) is 33.9 Å². The Morgan fingerprint density at radius 2 is 2.38 bits per heavy atom. The van der Waals surface area contributed by atoms with Gasteiger partial charge in [0.15, 0.2) is 0 Å². The third kappa shape index (κ3) is 2.78. The van der Waals surface area contributed by atoms with E-state index in [9.17, 15) is 14.9 Å². The molecule has 2 rings (SSSR count). The van der Waals surface area contributed by atoms with Gasteiger partial charge in [-0.2, -0.15) is 5.26 Å². The number of rotatable bonds is 3. The van der Waals surface area contributed by atoms with E-state index in [-0.39, 0.29) is 17.0 Å². The van der Waals surface area contributed by atoms with Gasteiger partial charge < -0.3 is 15.0 Å². The molecule has 110 valence electrons. The number of hydrogen-bond donors (Lipinski definition) is 1. The van der Waals surface area contributed by atoms with E-state index in [0.29, 0.717) is 19.6 Å². The van der Waals surface area contributed by atoms with Crippen LogP contribution in [0.4, 0.5) is 5.69 Å². The molecule has 0 saturated carbocycles. The quantitative estimate of drug-likeness (QED) is 0.643. The van der Waals surface area contributed by atoms with Crippen LogP contribution in [0.1, 0.15) is 10.4 Å². The minimum atomic E-state index is -0.602. The molecule has 0 spiro atoms. The first-order chi connectivity index (χ1) is 10.1. The van der Waals surface area contributed by atoms with E-state index < -0.39 is 16.9 Å². The fourth-order valence-corrected chi connectivity index (χ4v) is 2.27. The summed E-state index contributed by atoms with van der Waals surface area (Å²) in [5, 5.41) is 23.1. The zero-order chi connectivity index (χ0) is 15.4. The summed E-state index contributed by atoms with van der Waals surface area (Å²) in [4.78, 5) is 24.4. The fourth-order valence-electron chi connectivity index (χ4n) is 2.27. The highest BCUT2D eigenvalue weighted by atomic mass is 16.6. The predicted molar refractivity (Wildman–Crippen MR) is 73.0 cm³/mol. The van der Waals surface area contributed by atoms with E-state index >= 15 is 0 Å². The highest BCUT2D eigenvalue weighted by molar-refractivity contribution is 5.98. The lowest BCUT2D eigenvalue weighted by molar-refractivity contribution is -0.385. The molecule has 8 nitrogen and oxygen atoms in total. The summed E-state index contributed by atoms with van der Waals surface area (Å²) in [7, 11) is 1.28. The highest BCUT2D eigenvalue weighted by Crippen LogP contribution is 2.31. The van der Waals surface area contributed by atoms with Crippen LogP contribution in [0.5, 0.6) is 5.75 Å². The molecule has 0 bridgehead atoms. The van der Waals surface area contributed by atoms with Crippen molar-refractivity contribution in [1.29, 1.82) is 5.26 Å². The molecule has 1 atom stereocenters. The molecule has 1 amide bonds. The number of benzene rings is 1. The van der Waals surface area contributed by atoms with E-state index in [4.69, 9.17) is 10.00 Å². The van der Waals surface area contributed by atoms with Crippen LogP contribution in [0.25, 0.3) is 0 Å². The van der Waals surface area contributed by atoms with Crippen LogP contribution in [-0.2, 0) is 0 Å². The van der Waals surface area contributed by atoms with E-state index in [1.807, 2.05) is 6.07 Å². The molecule has 0 aliphatic carbocycles. The van der Waals surface area contributed by atoms with Crippen LogP contribution in [0.3, 0.4) is 0 Å². The number of para-hydroxylation sites is 1. The van der Waals surface area contributed by atoms with Crippen molar-refractivity contribution in [3.8, 4) is 11.8 Å². The number of ether oxygens (including phenoxy) is 1. The van der Waals surface area contributed by atoms with E-state index in [2.05, 4.69) is 5.32 Å². The van der Waals surface area contributed by atoms with Gasteiger partial charge in [0.05, 0.1) is 23.7 Å².